The minimum absolute atomic E-state index is 0.0494. The summed E-state index contributed by atoms with van der Waals surface area (Å²) in [6.45, 7) is 6.31. The summed E-state index contributed by atoms with van der Waals surface area (Å²) < 4.78 is 28.8. The lowest BCUT2D eigenvalue weighted by atomic mass is 10.1. The molecule has 0 saturated carbocycles. The van der Waals surface area contributed by atoms with Crippen LogP contribution in [0.2, 0.25) is 0 Å². The zero-order chi connectivity index (χ0) is 29.5. The lowest BCUT2D eigenvalue weighted by Gasteiger charge is -2.15. The Hall–Kier alpha value is -4.33. The van der Waals surface area contributed by atoms with Gasteiger partial charge in [-0.15, -0.1) is 0 Å². The second kappa shape index (κ2) is 13.1. The van der Waals surface area contributed by atoms with Gasteiger partial charge in [-0.25, -0.2) is 28.3 Å². The Morgan fingerprint density at radius 3 is 2.40 bits per heavy atom. The Morgan fingerprint density at radius 1 is 0.976 bits per heavy atom. The van der Waals surface area contributed by atoms with Crippen LogP contribution in [0.15, 0.2) is 65.6 Å². The summed E-state index contributed by atoms with van der Waals surface area (Å²) in [6, 6.07) is 17.2. The molecular formula is C29H34N8O4S. The molecule has 2 amide bonds. The highest BCUT2D eigenvalue weighted by atomic mass is 32.2. The average molecular weight is 591 g/mol. The summed E-state index contributed by atoms with van der Waals surface area (Å²) in [5, 5.41) is 14.1. The first-order valence-corrected chi connectivity index (χ1v) is 15.4. The van der Waals surface area contributed by atoms with Gasteiger partial charge >= 0.3 is 6.03 Å². The summed E-state index contributed by atoms with van der Waals surface area (Å²) in [6.07, 6.45) is 2.46. The average Bonchev–Trinajstić information content (AvgIpc) is 3.50. The van der Waals surface area contributed by atoms with Gasteiger partial charge in [0.2, 0.25) is 21.9 Å². The summed E-state index contributed by atoms with van der Waals surface area (Å²) in [5.41, 5.74) is 4.22. The first kappa shape index (κ1) is 29.2. The maximum atomic E-state index is 12.3. The summed E-state index contributed by atoms with van der Waals surface area (Å²) in [5.74, 6) is 0.700. The number of sulfonamides is 1. The van der Waals surface area contributed by atoms with Crippen LogP contribution in [0.1, 0.15) is 25.3 Å². The van der Waals surface area contributed by atoms with Crippen molar-refractivity contribution in [1.29, 1.82) is 0 Å². The number of aromatic nitrogens is 3. The third-order valence-corrected chi connectivity index (χ3v) is 7.77. The van der Waals surface area contributed by atoms with Crippen LogP contribution in [-0.4, -0.2) is 67.1 Å². The van der Waals surface area contributed by atoms with Crippen LogP contribution < -0.4 is 25.8 Å². The zero-order valence-electron chi connectivity index (χ0n) is 23.3. The minimum atomic E-state index is -3.75. The quantitative estimate of drug-likeness (QED) is 0.204. The van der Waals surface area contributed by atoms with Gasteiger partial charge in [0.25, 0.3) is 0 Å². The normalized spacial score (nSPS) is 13.7. The number of primary sulfonamides is 1. The van der Waals surface area contributed by atoms with Gasteiger partial charge in [-0.2, -0.15) is 4.98 Å². The highest BCUT2D eigenvalue weighted by Crippen LogP contribution is 2.27. The second-order valence-corrected chi connectivity index (χ2v) is 11.5. The molecule has 5 rings (SSSR count). The van der Waals surface area contributed by atoms with Crippen LogP contribution in [0.25, 0.3) is 22.3 Å². The molecule has 1 fully saturated rings. The zero-order valence-corrected chi connectivity index (χ0v) is 24.2. The highest BCUT2D eigenvalue weighted by molar-refractivity contribution is 7.89. The van der Waals surface area contributed by atoms with Crippen LogP contribution in [0.4, 0.5) is 16.4 Å². The smallest absolute Gasteiger partial charge is 0.319 e. The fraction of sp³-hybridized carbons (Fsp3) is 0.310. The monoisotopic (exact) mass is 590 g/mol. The largest absolute Gasteiger partial charge is 0.476 e. The van der Waals surface area contributed by atoms with E-state index >= 15 is 0 Å². The highest BCUT2D eigenvalue weighted by Gasteiger charge is 2.14. The van der Waals surface area contributed by atoms with E-state index in [1.54, 1.807) is 12.1 Å². The van der Waals surface area contributed by atoms with Gasteiger partial charge < -0.3 is 25.6 Å². The van der Waals surface area contributed by atoms with Crippen molar-refractivity contribution in [3.8, 4) is 17.1 Å². The predicted molar refractivity (Wildman–Crippen MR) is 162 cm³/mol. The molecule has 0 spiro atoms. The number of carbonyl (C=O) groups is 1. The first-order chi connectivity index (χ1) is 20.3. The molecule has 1 saturated heterocycles. The molecule has 1 aliphatic heterocycles. The third-order valence-electron chi connectivity index (χ3n) is 6.84. The number of nitrogens with two attached hydrogens (primary N) is 1. The standard InChI is InChI=1S/C29H34N8O4S/c1-2-41-27-26-25(35-28(36-27)32-19-20-5-11-23(12-6-20)42(30,39)40)14-13-24(34-26)21-7-9-22(10-8-21)33-29(38)31-15-18-37-16-3-4-17-37/h5-14H,2-4,15-19H2,1H3,(H2,30,39,40)(H2,31,33,38)(H,32,35,36). The number of ether oxygens (including phenoxy) is 1. The summed E-state index contributed by atoms with van der Waals surface area (Å²) in [7, 11) is -3.75. The number of fused-ring (bicyclic) bond motifs is 1. The van der Waals surface area contributed by atoms with E-state index in [-0.39, 0.29) is 10.9 Å². The number of amides is 2. The molecule has 0 radical (unpaired) electrons. The maximum Gasteiger partial charge on any atom is 0.319 e. The van der Waals surface area contributed by atoms with Crippen LogP contribution in [0.3, 0.4) is 0 Å². The number of urea groups is 1. The molecule has 0 unspecified atom stereocenters. The summed E-state index contributed by atoms with van der Waals surface area (Å²) >= 11 is 0. The number of carbonyl (C=O) groups excluding carboxylic acids is 1. The van der Waals surface area contributed by atoms with Crippen LogP contribution in [0.5, 0.6) is 5.88 Å². The van der Waals surface area contributed by atoms with Gasteiger partial charge in [0, 0.05) is 30.9 Å². The number of hydrogen-bond acceptors (Lipinski definition) is 9. The van der Waals surface area contributed by atoms with Gasteiger partial charge in [-0.05, 0) is 74.8 Å². The molecule has 0 bridgehead atoms. The van der Waals surface area contributed by atoms with Crippen LogP contribution in [-0.2, 0) is 16.6 Å². The number of nitrogens with one attached hydrogen (secondary N) is 3. The van der Waals surface area contributed by atoms with Crippen molar-refractivity contribution in [2.45, 2.75) is 31.2 Å². The number of benzene rings is 2. The number of likely N-dealkylation sites (tertiary alicyclic amines) is 1. The maximum absolute atomic E-state index is 12.3. The second-order valence-electron chi connectivity index (χ2n) is 9.90. The molecule has 12 nitrogen and oxygen atoms in total. The lowest BCUT2D eigenvalue weighted by Crippen LogP contribution is -2.35. The Morgan fingerprint density at radius 2 is 1.71 bits per heavy atom. The fourth-order valence-corrected chi connectivity index (χ4v) is 5.19. The van der Waals surface area contributed by atoms with E-state index in [1.807, 2.05) is 43.3 Å². The van der Waals surface area contributed by atoms with Gasteiger partial charge in [0.05, 0.1) is 22.7 Å². The van der Waals surface area contributed by atoms with Crippen molar-refractivity contribution < 1.29 is 17.9 Å². The van der Waals surface area contributed by atoms with Gasteiger partial charge in [-0.1, -0.05) is 24.3 Å². The SMILES string of the molecule is CCOc1nc(NCc2ccc(S(N)(=O)=O)cc2)nc2ccc(-c3ccc(NC(=O)NCCN4CCCC4)cc3)nc12. The topological polar surface area (TPSA) is 164 Å². The van der Waals surface area contributed by atoms with Gasteiger partial charge in [0.15, 0.2) is 5.52 Å². The molecule has 3 heterocycles. The van der Waals surface area contributed by atoms with Crippen LogP contribution in [0, 0.1) is 0 Å². The van der Waals surface area contributed by atoms with Crippen molar-refractivity contribution in [2.75, 3.05) is 43.4 Å². The Bertz CT molecular complexity index is 1640. The molecule has 42 heavy (non-hydrogen) atoms. The minimum Gasteiger partial charge on any atom is -0.476 e. The van der Waals surface area contributed by atoms with E-state index in [9.17, 15) is 13.2 Å². The van der Waals surface area contributed by atoms with Crippen molar-refractivity contribution in [3.05, 3.63) is 66.2 Å². The van der Waals surface area contributed by atoms with E-state index in [4.69, 9.17) is 14.9 Å². The van der Waals surface area contributed by atoms with Gasteiger partial charge in [-0.3, -0.25) is 0 Å². The molecule has 5 N–H and O–H groups in total. The first-order valence-electron chi connectivity index (χ1n) is 13.8. The molecule has 4 aromatic rings. The lowest BCUT2D eigenvalue weighted by molar-refractivity contribution is 0.249. The number of hydrogen-bond donors (Lipinski definition) is 4. The number of nitrogens with zero attached hydrogens (tertiary/aromatic N) is 4. The Labute approximate surface area is 244 Å². The van der Waals surface area contributed by atoms with Crippen LogP contribution >= 0.6 is 0 Å². The van der Waals surface area contributed by atoms with Gasteiger partial charge in [0.1, 0.15) is 0 Å². The molecular weight excluding hydrogens is 556 g/mol. The molecule has 2 aromatic carbocycles. The van der Waals surface area contributed by atoms with E-state index in [1.165, 1.54) is 25.0 Å². The molecule has 13 heteroatoms. The third kappa shape index (κ3) is 7.49. The summed E-state index contributed by atoms with van der Waals surface area (Å²) in [4.78, 5) is 28.6. The molecule has 220 valence electrons. The molecule has 0 atom stereocenters. The number of rotatable bonds is 11. The molecule has 2 aromatic heterocycles. The molecule has 1 aliphatic rings. The van der Waals surface area contributed by atoms with Crippen molar-refractivity contribution in [2.24, 2.45) is 5.14 Å². The van der Waals surface area contributed by atoms with E-state index in [2.05, 4.69) is 30.8 Å². The number of pyridine rings is 1. The van der Waals surface area contributed by atoms with Crippen molar-refractivity contribution in [1.82, 2.24) is 25.2 Å². The van der Waals surface area contributed by atoms with E-state index in [0.717, 1.165) is 30.8 Å². The van der Waals surface area contributed by atoms with Crippen molar-refractivity contribution in [3.63, 3.8) is 0 Å². The molecule has 0 aliphatic carbocycles. The van der Waals surface area contributed by atoms with Crippen molar-refractivity contribution >= 4 is 38.7 Å². The van der Waals surface area contributed by atoms with E-state index in [0.29, 0.717) is 53.9 Å². The number of anilines is 2. The fourth-order valence-electron chi connectivity index (χ4n) is 4.68. The Kier molecular flexibility index (Phi) is 9.10. The predicted octanol–water partition coefficient (Wildman–Crippen LogP) is 3.57. The Balaban J connectivity index is 1.25. The van der Waals surface area contributed by atoms with E-state index < -0.39 is 10.0 Å².